The van der Waals surface area contributed by atoms with Crippen LogP contribution in [0.2, 0.25) is 0 Å². The fraction of sp³-hybridized carbons (Fsp3) is 0.857. The number of hydrogen-bond donors (Lipinski definition) is 2. The average Bonchev–Trinajstić information content (AvgIpc) is 2.09. The van der Waals surface area contributed by atoms with Gasteiger partial charge in [0.05, 0.1) is 6.04 Å². The molecule has 0 aliphatic heterocycles. The van der Waals surface area contributed by atoms with E-state index < -0.39 is 24.7 Å². The zero-order valence-corrected chi connectivity index (χ0v) is 7.73. The Morgan fingerprint density at radius 3 is 2.57 bits per heavy atom. The molecule has 0 spiro atoms. The molecule has 0 fully saturated rings. The molecule has 0 saturated heterocycles. The van der Waals surface area contributed by atoms with Crippen molar-refractivity contribution in [3.63, 3.8) is 0 Å². The molecule has 84 valence electrons. The standard InChI is InChI=1S/C7H13F3N2O2/c1-14-3-2-5(11)6(13)12-4-7(8,9)10/h5H,2-4,11H2,1H3,(H,12,13). The first-order valence-electron chi connectivity index (χ1n) is 3.96. The number of amides is 1. The van der Waals surface area contributed by atoms with Gasteiger partial charge in [0.2, 0.25) is 5.91 Å². The number of hydrogen-bond acceptors (Lipinski definition) is 3. The minimum absolute atomic E-state index is 0.195. The van der Waals surface area contributed by atoms with Crippen LogP contribution in [0.4, 0.5) is 13.2 Å². The van der Waals surface area contributed by atoms with Crippen LogP contribution in [0.25, 0.3) is 0 Å². The Morgan fingerprint density at radius 2 is 2.14 bits per heavy atom. The molecule has 0 heterocycles. The first kappa shape index (κ1) is 13.2. The number of alkyl halides is 3. The minimum Gasteiger partial charge on any atom is -0.385 e. The van der Waals surface area contributed by atoms with Gasteiger partial charge in [-0.2, -0.15) is 13.2 Å². The van der Waals surface area contributed by atoms with Gasteiger partial charge in [-0.25, -0.2) is 0 Å². The average molecular weight is 214 g/mol. The highest BCUT2D eigenvalue weighted by atomic mass is 19.4. The predicted octanol–water partition coefficient (Wildman–Crippen LogP) is 0.0287. The zero-order valence-electron chi connectivity index (χ0n) is 7.73. The third kappa shape index (κ3) is 6.67. The van der Waals surface area contributed by atoms with Crippen LogP contribution >= 0.6 is 0 Å². The summed E-state index contributed by atoms with van der Waals surface area (Å²) in [5.41, 5.74) is 5.27. The van der Waals surface area contributed by atoms with Gasteiger partial charge in [0.25, 0.3) is 0 Å². The van der Waals surface area contributed by atoms with Gasteiger partial charge in [0.15, 0.2) is 0 Å². The topological polar surface area (TPSA) is 64.3 Å². The van der Waals surface area contributed by atoms with Crippen LogP contribution in [-0.4, -0.2) is 38.4 Å². The SMILES string of the molecule is COCCC(N)C(=O)NCC(F)(F)F. The maximum atomic E-state index is 11.7. The molecule has 1 atom stereocenters. The van der Waals surface area contributed by atoms with Crippen LogP contribution in [0.3, 0.4) is 0 Å². The number of nitrogens with one attached hydrogen (secondary N) is 1. The lowest BCUT2D eigenvalue weighted by molar-refractivity contribution is -0.139. The highest BCUT2D eigenvalue weighted by molar-refractivity contribution is 5.81. The first-order valence-corrected chi connectivity index (χ1v) is 3.96. The maximum Gasteiger partial charge on any atom is 0.405 e. The van der Waals surface area contributed by atoms with E-state index >= 15 is 0 Å². The fourth-order valence-electron chi connectivity index (χ4n) is 0.694. The predicted molar refractivity (Wildman–Crippen MR) is 43.5 cm³/mol. The fourth-order valence-corrected chi connectivity index (χ4v) is 0.694. The van der Waals surface area contributed by atoms with E-state index in [-0.39, 0.29) is 13.0 Å². The largest absolute Gasteiger partial charge is 0.405 e. The summed E-state index contributed by atoms with van der Waals surface area (Å²) >= 11 is 0. The molecule has 0 aromatic rings. The van der Waals surface area contributed by atoms with E-state index in [9.17, 15) is 18.0 Å². The van der Waals surface area contributed by atoms with Gasteiger partial charge < -0.3 is 15.8 Å². The summed E-state index contributed by atoms with van der Waals surface area (Å²) in [7, 11) is 1.42. The Hall–Kier alpha value is -0.820. The van der Waals surface area contributed by atoms with E-state index in [1.807, 2.05) is 0 Å². The van der Waals surface area contributed by atoms with Gasteiger partial charge >= 0.3 is 6.18 Å². The van der Waals surface area contributed by atoms with Crippen LogP contribution in [0, 0.1) is 0 Å². The Labute approximate surface area is 79.6 Å². The summed E-state index contributed by atoms with van der Waals surface area (Å²) in [5, 5.41) is 1.69. The van der Waals surface area contributed by atoms with Gasteiger partial charge in [-0.1, -0.05) is 0 Å². The normalized spacial score (nSPS) is 13.8. The molecule has 1 amide bonds. The zero-order chi connectivity index (χ0) is 11.2. The molecule has 3 N–H and O–H groups in total. The molecule has 0 aliphatic rings. The number of carbonyl (C=O) groups excluding carboxylic acids is 1. The van der Waals surface area contributed by atoms with Crippen LogP contribution < -0.4 is 11.1 Å². The van der Waals surface area contributed by atoms with Crippen molar-refractivity contribution >= 4 is 5.91 Å². The van der Waals surface area contributed by atoms with E-state index in [1.165, 1.54) is 7.11 Å². The monoisotopic (exact) mass is 214 g/mol. The molecule has 0 radical (unpaired) electrons. The molecular weight excluding hydrogens is 201 g/mol. The lowest BCUT2D eigenvalue weighted by Crippen LogP contribution is -2.44. The van der Waals surface area contributed by atoms with Gasteiger partial charge in [-0.15, -0.1) is 0 Å². The van der Waals surface area contributed by atoms with Crippen molar-refractivity contribution in [2.45, 2.75) is 18.6 Å². The van der Waals surface area contributed by atoms with Gasteiger partial charge in [-0.05, 0) is 6.42 Å². The summed E-state index contributed by atoms with van der Waals surface area (Å²) in [5.74, 6) is -0.820. The van der Waals surface area contributed by atoms with Crippen molar-refractivity contribution < 1.29 is 22.7 Å². The first-order chi connectivity index (χ1) is 6.37. The molecule has 14 heavy (non-hydrogen) atoms. The van der Waals surface area contributed by atoms with Crippen molar-refractivity contribution in [2.24, 2.45) is 5.73 Å². The number of methoxy groups -OCH3 is 1. The van der Waals surface area contributed by atoms with E-state index in [0.29, 0.717) is 0 Å². The van der Waals surface area contributed by atoms with Gasteiger partial charge in [0.1, 0.15) is 6.54 Å². The highest BCUT2D eigenvalue weighted by Gasteiger charge is 2.28. The summed E-state index contributed by atoms with van der Waals surface area (Å²) in [6.07, 6.45) is -4.21. The maximum absolute atomic E-state index is 11.7. The third-order valence-electron chi connectivity index (χ3n) is 1.43. The summed E-state index contributed by atoms with van der Waals surface area (Å²) in [6, 6.07) is -0.961. The number of nitrogens with two attached hydrogens (primary N) is 1. The minimum atomic E-state index is -4.41. The van der Waals surface area contributed by atoms with E-state index in [0.717, 1.165) is 0 Å². The molecule has 0 aromatic carbocycles. The second kappa shape index (κ2) is 5.82. The highest BCUT2D eigenvalue weighted by Crippen LogP contribution is 2.12. The lowest BCUT2D eigenvalue weighted by Gasteiger charge is -2.12. The second-order valence-electron chi connectivity index (χ2n) is 2.72. The Balaban J connectivity index is 3.73. The Morgan fingerprint density at radius 1 is 1.57 bits per heavy atom. The van der Waals surface area contributed by atoms with Crippen molar-refractivity contribution in [3.8, 4) is 0 Å². The lowest BCUT2D eigenvalue weighted by atomic mass is 10.2. The summed E-state index contributed by atoms with van der Waals surface area (Å²) < 4.78 is 39.6. The smallest absolute Gasteiger partial charge is 0.385 e. The molecule has 7 heteroatoms. The molecule has 0 saturated carbocycles. The van der Waals surface area contributed by atoms with Crippen LogP contribution in [0.1, 0.15) is 6.42 Å². The molecule has 0 aromatic heterocycles. The molecule has 4 nitrogen and oxygen atoms in total. The third-order valence-corrected chi connectivity index (χ3v) is 1.43. The molecular formula is C7H13F3N2O2. The van der Waals surface area contributed by atoms with Crippen molar-refractivity contribution in [2.75, 3.05) is 20.3 Å². The number of rotatable bonds is 5. The second-order valence-corrected chi connectivity index (χ2v) is 2.72. The number of ether oxygens (including phenoxy) is 1. The van der Waals surface area contributed by atoms with Crippen molar-refractivity contribution in [3.05, 3.63) is 0 Å². The Bertz CT molecular complexity index is 184. The van der Waals surface area contributed by atoms with Crippen molar-refractivity contribution in [1.29, 1.82) is 0 Å². The molecule has 0 rings (SSSR count). The van der Waals surface area contributed by atoms with Crippen LogP contribution in [-0.2, 0) is 9.53 Å². The van der Waals surface area contributed by atoms with Crippen LogP contribution in [0.15, 0.2) is 0 Å². The van der Waals surface area contributed by atoms with Crippen LogP contribution in [0.5, 0.6) is 0 Å². The number of halogens is 3. The Kier molecular flexibility index (Phi) is 5.47. The van der Waals surface area contributed by atoms with E-state index in [4.69, 9.17) is 5.73 Å². The summed E-state index contributed by atoms with van der Waals surface area (Å²) in [4.78, 5) is 10.9. The van der Waals surface area contributed by atoms with E-state index in [1.54, 1.807) is 5.32 Å². The number of carbonyl (C=O) groups is 1. The van der Waals surface area contributed by atoms with Gasteiger partial charge in [0, 0.05) is 13.7 Å². The molecule has 1 unspecified atom stereocenters. The quantitative estimate of drug-likeness (QED) is 0.678. The van der Waals surface area contributed by atoms with Gasteiger partial charge in [-0.3, -0.25) is 4.79 Å². The molecule has 0 bridgehead atoms. The summed E-state index contributed by atoms with van der Waals surface area (Å²) in [6.45, 7) is -1.12. The van der Waals surface area contributed by atoms with Crippen molar-refractivity contribution in [1.82, 2.24) is 5.32 Å². The molecule has 0 aliphatic carbocycles. The van der Waals surface area contributed by atoms with E-state index in [2.05, 4.69) is 4.74 Å².